The molecule has 3 N–H and O–H groups in total. The highest BCUT2D eigenvalue weighted by Crippen LogP contribution is 2.67. The van der Waals surface area contributed by atoms with Gasteiger partial charge in [-0.25, -0.2) is 4.79 Å². The van der Waals surface area contributed by atoms with Crippen LogP contribution < -0.4 is 9.47 Å². The number of hydrogen-bond acceptors (Lipinski definition) is 9. The van der Waals surface area contributed by atoms with Gasteiger partial charge >= 0.3 is 23.9 Å². The van der Waals surface area contributed by atoms with Crippen molar-refractivity contribution in [1.29, 1.82) is 0 Å². The van der Waals surface area contributed by atoms with Gasteiger partial charge in [0, 0.05) is 5.56 Å². The topological polar surface area (TPSA) is 166 Å². The third kappa shape index (κ3) is 3.83. The Kier molecular flexibility index (Phi) is 6.13. The standard InChI is InChI=1S/C26H28O11/c1-34-15-5-4-13-11-14-3-2-9-25-21(13)22(15)37-23(25)16(8-10-26(14,25)33)36-24(32)17(12-19(29)30)35-20(31)7-6-18(27)28/h4-5,8,14,17,23,33H,2-3,6-7,9-12H2,1H3,(H,27,28)(H,29,30)/t14-,17+,23+,25+,26-/m1/s1. The van der Waals surface area contributed by atoms with Crippen molar-refractivity contribution in [3.63, 3.8) is 0 Å². The Labute approximate surface area is 212 Å². The van der Waals surface area contributed by atoms with E-state index in [0.717, 1.165) is 24.0 Å². The summed E-state index contributed by atoms with van der Waals surface area (Å²) in [5.41, 5.74) is -0.0891. The molecule has 1 saturated carbocycles. The molecular formula is C26H28O11. The maximum Gasteiger partial charge on any atom is 0.353 e. The van der Waals surface area contributed by atoms with E-state index < -0.39 is 66.4 Å². The smallest absolute Gasteiger partial charge is 0.353 e. The van der Waals surface area contributed by atoms with Crippen LogP contribution in [0.2, 0.25) is 0 Å². The van der Waals surface area contributed by atoms with Crippen LogP contribution in [0.1, 0.15) is 56.1 Å². The molecule has 1 aliphatic heterocycles. The molecule has 0 aromatic heterocycles. The van der Waals surface area contributed by atoms with Gasteiger partial charge in [-0.1, -0.05) is 12.5 Å². The van der Waals surface area contributed by atoms with Crippen LogP contribution >= 0.6 is 0 Å². The number of esters is 2. The lowest BCUT2D eigenvalue weighted by atomic mass is 9.47. The maximum absolute atomic E-state index is 13.1. The van der Waals surface area contributed by atoms with Crippen LogP contribution in [0.25, 0.3) is 0 Å². The van der Waals surface area contributed by atoms with E-state index >= 15 is 0 Å². The van der Waals surface area contributed by atoms with Gasteiger partial charge in [-0.05, 0) is 49.3 Å². The average molecular weight is 516 g/mol. The quantitative estimate of drug-likeness (QED) is 0.410. The number of ether oxygens (including phenoxy) is 4. The van der Waals surface area contributed by atoms with Gasteiger partial charge in [0.15, 0.2) is 17.6 Å². The Morgan fingerprint density at radius 2 is 1.95 bits per heavy atom. The summed E-state index contributed by atoms with van der Waals surface area (Å²) < 4.78 is 22.5. The van der Waals surface area contributed by atoms with Crippen molar-refractivity contribution in [2.24, 2.45) is 5.92 Å². The third-order valence-corrected chi connectivity index (χ3v) is 8.13. The van der Waals surface area contributed by atoms with Gasteiger partial charge in [0.2, 0.25) is 6.10 Å². The first-order chi connectivity index (χ1) is 17.6. The molecule has 4 aliphatic rings. The van der Waals surface area contributed by atoms with Gasteiger partial charge in [0.1, 0.15) is 5.76 Å². The molecule has 1 heterocycles. The van der Waals surface area contributed by atoms with E-state index in [2.05, 4.69) is 0 Å². The zero-order chi connectivity index (χ0) is 26.5. The Bertz CT molecular complexity index is 1200. The minimum absolute atomic E-state index is 0.0114. The zero-order valence-corrected chi connectivity index (χ0v) is 20.2. The number of aliphatic carboxylic acids is 2. The molecule has 5 rings (SSSR count). The van der Waals surface area contributed by atoms with Gasteiger partial charge in [-0.2, -0.15) is 0 Å². The van der Waals surface area contributed by atoms with E-state index in [4.69, 9.17) is 24.1 Å². The molecule has 11 nitrogen and oxygen atoms in total. The minimum Gasteiger partial charge on any atom is -0.493 e. The lowest BCUT2D eigenvalue weighted by molar-refractivity contribution is -0.174. The Morgan fingerprint density at radius 1 is 1.16 bits per heavy atom. The van der Waals surface area contributed by atoms with Gasteiger partial charge in [-0.3, -0.25) is 14.4 Å². The van der Waals surface area contributed by atoms with Crippen LogP contribution in [0.4, 0.5) is 0 Å². The summed E-state index contributed by atoms with van der Waals surface area (Å²) in [6.45, 7) is 0. The SMILES string of the molecule is COc1ccc2c3c1O[C@H]1C(OC(=O)[C@H](CC(=O)O)OC(=O)CCC(=O)O)=CC[C@@]4(O)[C@H](CCC[C@]314)C2. The second kappa shape index (κ2) is 9.05. The summed E-state index contributed by atoms with van der Waals surface area (Å²) in [4.78, 5) is 47.2. The summed E-state index contributed by atoms with van der Waals surface area (Å²) in [7, 11) is 1.52. The van der Waals surface area contributed by atoms with Crippen molar-refractivity contribution in [2.75, 3.05) is 7.11 Å². The minimum atomic E-state index is -1.78. The van der Waals surface area contributed by atoms with Crippen LogP contribution in [0.5, 0.6) is 11.5 Å². The van der Waals surface area contributed by atoms with Crippen LogP contribution in [-0.4, -0.2) is 64.1 Å². The molecular weight excluding hydrogens is 488 g/mol. The van der Waals surface area contributed by atoms with Gasteiger partial charge in [0.05, 0.1) is 37.4 Å². The number of carbonyl (C=O) groups excluding carboxylic acids is 2. The Balaban J connectivity index is 1.46. The maximum atomic E-state index is 13.1. The van der Waals surface area contributed by atoms with E-state index in [-0.39, 0.29) is 18.1 Å². The zero-order valence-electron chi connectivity index (χ0n) is 20.2. The molecule has 1 fully saturated rings. The molecule has 5 atom stereocenters. The molecule has 1 aromatic rings. The number of benzene rings is 1. The highest BCUT2D eigenvalue weighted by molar-refractivity contribution is 5.85. The molecule has 0 amide bonds. The highest BCUT2D eigenvalue weighted by atomic mass is 16.6. The predicted molar refractivity (Wildman–Crippen MR) is 123 cm³/mol. The fourth-order valence-corrected chi connectivity index (χ4v) is 6.62. The number of carboxylic acids is 2. The van der Waals surface area contributed by atoms with Crippen molar-refractivity contribution >= 4 is 23.9 Å². The summed E-state index contributed by atoms with van der Waals surface area (Å²) in [5.74, 6) is -3.70. The molecule has 11 heteroatoms. The van der Waals surface area contributed by atoms with E-state index in [1.807, 2.05) is 12.1 Å². The van der Waals surface area contributed by atoms with Crippen molar-refractivity contribution in [3.05, 3.63) is 35.1 Å². The summed E-state index contributed by atoms with van der Waals surface area (Å²) >= 11 is 0. The van der Waals surface area contributed by atoms with Gasteiger partial charge in [0.25, 0.3) is 0 Å². The van der Waals surface area contributed by atoms with E-state index in [1.54, 1.807) is 6.08 Å². The van der Waals surface area contributed by atoms with Crippen LogP contribution in [0, 0.1) is 5.92 Å². The number of carboxylic acid groups (broad SMARTS) is 2. The first-order valence-electron chi connectivity index (χ1n) is 12.2. The highest BCUT2D eigenvalue weighted by Gasteiger charge is 2.71. The molecule has 1 spiro atoms. The number of aliphatic hydroxyl groups is 1. The lowest BCUT2D eigenvalue weighted by Gasteiger charge is -2.59. The second-order valence-corrected chi connectivity index (χ2v) is 10.0. The summed E-state index contributed by atoms with van der Waals surface area (Å²) in [5, 5.41) is 30.1. The van der Waals surface area contributed by atoms with Crippen molar-refractivity contribution in [2.45, 2.75) is 74.6 Å². The van der Waals surface area contributed by atoms with Crippen molar-refractivity contribution in [3.8, 4) is 11.5 Å². The number of methoxy groups -OCH3 is 1. The Hall–Kier alpha value is -3.60. The summed E-state index contributed by atoms with van der Waals surface area (Å²) in [6.07, 6.45) is 0.216. The molecule has 1 aromatic carbocycles. The average Bonchev–Trinajstić information content (AvgIpc) is 3.18. The van der Waals surface area contributed by atoms with Crippen LogP contribution in [0.15, 0.2) is 24.0 Å². The Morgan fingerprint density at radius 3 is 2.65 bits per heavy atom. The fourth-order valence-electron chi connectivity index (χ4n) is 6.62. The molecule has 0 radical (unpaired) electrons. The molecule has 37 heavy (non-hydrogen) atoms. The second-order valence-electron chi connectivity index (χ2n) is 10.0. The number of rotatable bonds is 9. The van der Waals surface area contributed by atoms with Gasteiger partial charge < -0.3 is 34.3 Å². The lowest BCUT2D eigenvalue weighted by Crippen LogP contribution is -2.67. The number of hydrogen-bond donors (Lipinski definition) is 3. The van der Waals surface area contributed by atoms with Crippen LogP contribution in [0.3, 0.4) is 0 Å². The molecule has 0 unspecified atom stereocenters. The normalized spacial score (nSPS) is 29.2. The molecule has 0 saturated heterocycles. The molecule has 3 aliphatic carbocycles. The van der Waals surface area contributed by atoms with E-state index in [1.165, 1.54) is 7.11 Å². The number of carbonyl (C=O) groups is 4. The molecule has 2 bridgehead atoms. The van der Waals surface area contributed by atoms with Crippen molar-refractivity contribution in [1.82, 2.24) is 0 Å². The van der Waals surface area contributed by atoms with E-state index in [9.17, 15) is 29.4 Å². The van der Waals surface area contributed by atoms with Crippen molar-refractivity contribution < 1.29 is 53.4 Å². The fraction of sp³-hybridized carbons (Fsp3) is 0.538. The first kappa shape index (κ1) is 25.1. The molecule has 198 valence electrons. The largest absolute Gasteiger partial charge is 0.493 e. The predicted octanol–water partition coefficient (Wildman–Crippen LogP) is 1.86. The van der Waals surface area contributed by atoms with E-state index in [0.29, 0.717) is 24.3 Å². The van der Waals surface area contributed by atoms with Gasteiger partial charge in [-0.15, -0.1) is 0 Å². The third-order valence-electron chi connectivity index (χ3n) is 8.13. The van der Waals surface area contributed by atoms with Crippen LogP contribution in [-0.2, 0) is 40.5 Å². The summed E-state index contributed by atoms with van der Waals surface area (Å²) in [6, 6.07) is 3.80. The monoisotopic (exact) mass is 516 g/mol. The first-order valence-corrected chi connectivity index (χ1v) is 12.2.